The maximum atomic E-state index is 12.7. The zero-order valence-corrected chi connectivity index (χ0v) is 14.7. The Labute approximate surface area is 152 Å². The quantitative estimate of drug-likeness (QED) is 0.840. The number of hydrogen-bond acceptors (Lipinski definition) is 5. The first-order valence-corrected chi connectivity index (χ1v) is 8.52. The first-order chi connectivity index (χ1) is 12.5. The van der Waals surface area contributed by atoms with Crippen LogP contribution in [-0.4, -0.2) is 63.4 Å². The lowest BCUT2D eigenvalue weighted by Crippen LogP contribution is -2.38. The Morgan fingerprint density at radius 2 is 1.73 bits per heavy atom. The van der Waals surface area contributed by atoms with Crippen LogP contribution in [0.1, 0.15) is 17.0 Å². The number of likely N-dealkylation sites (tertiary alicyclic amines) is 1. The van der Waals surface area contributed by atoms with Crippen molar-refractivity contribution in [2.45, 2.75) is 12.5 Å². The van der Waals surface area contributed by atoms with Crippen LogP contribution in [0.2, 0.25) is 0 Å². The number of nitrogens with zero attached hydrogens (tertiary/aromatic N) is 4. The summed E-state index contributed by atoms with van der Waals surface area (Å²) in [5.74, 6) is -1.71. The molecule has 1 fully saturated rings. The predicted octanol–water partition coefficient (Wildman–Crippen LogP) is 1.24. The molecule has 2 aromatic rings. The molecule has 0 saturated carbocycles. The summed E-state index contributed by atoms with van der Waals surface area (Å²) >= 11 is 0. The first-order valence-electron chi connectivity index (χ1n) is 8.52. The third-order valence-electron chi connectivity index (χ3n) is 4.73. The Morgan fingerprint density at radius 3 is 2.35 bits per heavy atom. The van der Waals surface area contributed by atoms with E-state index in [9.17, 15) is 14.7 Å². The number of pyridine rings is 2. The van der Waals surface area contributed by atoms with E-state index in [4.69, 9.17) is 0 Å². The van der Waals surface area contributed by atoms with Crippen molar-refractivity contribution < 1.29 is 14.7 Å². The fraction of sp³-hybridized carbons (Fsp3) is 0.368. The summed E-state index contributed by atoms with van der Waals surface area (Å²) in [5, 5.41) is 9.55. The van der Waals surface area contributed by atoms with Gasteiger partial charge in [0.25, 0.3) is 0 Å². The van der Waals surface area contributed by atoms with E-state index in [-0.39, 0.29) is 24.9 Å². The predicted molar refractivity (Wildman–Crippen MR) is 95.3 cm³/mol. The molecule has 7 nitrogen and oxygen atoms in total. The van der Waals surface area contributed by atoms with Gasteiger partial charge in [-0.05, 0) is 42.4 Å². The molecule has 7 heteroatoms. The normalized spacial score (nSPS) is 19.7. The van der Waals surface area contributed by atoms with Crippen LogP contribution in [0.3, 0.4) is 0 Å². The highest BCUT2D eigenvalue weighted by Crippen LogP contribution is 2.32. The summed E-state index contributed by atoms with van der Waals surface area (Å²) in [5.41, 5.74) is 1.99. The second-order valence-corrected chi connectivity index (χ2v) is 6.66. The summed E-state index contributed by atoms with van der Waals surface area (Å²) in [4.78, 5) is 35.9. The van der Waals surface area contributed by atoms with Crippen molar-refractivity contribution in [2.24, 2.45) is 5.92 Å². The molecule has 0 radical (unpaired) electrons. The van der Waals surface area contributed by atoms with Crippen molar-refractivity contribution in [3.8, 4) is 0 Å². The zero-order valence-electron chi connectivity index (χ0n) is 14.7. The number of aliphatic carboxylic acids is 1. The summed E-state index contributed by atoms with van der Waals surface area (Å²) < 4.78 is 0. The molecular formula is C19H22N4O3. The van der Waals surface area contributed by atoms with E-state index in [1.54, 1.807) is 29.7 Å². The Hall–Kier alpha value is -2.80. The van der Waals surface area contributed by atoms with Crippen LogP contribution in [0.4, 0.5) is 0 Å². The Morgan fingerprint density at radius 1 is 1.12 bits per heavy atom. The van der Waals surface area contributed by atoms with E-state index >= 15 is 0 Å². The van der Waals surface area contributed by atoms with Crippen LogP contribution in [0.5, 0.6) is 0 Å². The summed E-state index contributed by atoms with van der Waals surface area (Å²) in [6.45, 7) is 1.54. The molecule has 26 heavy (non-hydrogen) atoms. The summed E-state index contributed by atoms with van der Waals surface area (Å²) in [6, 6.07) is 7.47. The molecule has 136 valence electrons. The van der Waals surface area contributed by atoms with E-state index in [0.717, 1.165) is 11.1 Å². The molecule has 3 rings (SSSR count). The average molecular weight is 354 g/mol. The molecule has 1 aliphatic heterocycles. The van der Waals surface area contributed by atoms with Gasteiger partial charge in [0.05, 0.1) is 12.5 Å². The number of rotatable bonds is 6. The van der Waals surface area contributed by atoms with Crippen molar-refractivity contribution in [3.05, 3.63) is 60.2 Å². The molecule has 2 atom stereocenters. The highest BCUT2D eigenvalue weighted by atomic mass is 16.4. The maximum Gasteiger partial charge on any atom is 0.308 e. The number of carboxylic acid groups (broad SMARTS) is 1. The van der Waals surface area contributed by atoms with Gasteiger partial charge in [0, 0.05) is 50.3 Å². The van der Waals surface area contributed by atoms with Gasteiger partial charge < -0.3 is 10.0 Å². The molecule has 1 amide bonds. The van der Waals surface area contributed by atoms with Gasteiger partial charge in [-0.15, -0.1) is 0 Å². The lowest BCUT2D eigenvalue weighted by atomic mass is 9.90. The van der Waals surface area contributed by atoms with Gasteiger partial charge in [-0.2, -0.15) is 0 Å². The number of carbonyl (C=O) groups excluding carboxylic acids is 1. The molecule has 0 spiro atoms. The van der Waals surface area contributed by atoms with Crippen LogP contribution < -0.4 is 0 Å². The number of likely N-dealkylation sites (N-methyl/N-ethyl adjacent to an activating group) is 1. The minimum Gasteiger partial charge on any atom is -0.481 e. The number of amides is 1. The molecular weight excluding hydrogens is 332 g/mol. The van der Waals surface area contributed by atoms with Crippen LogP contribution in [0, 0.1) is 5.92 Å². The fourth-order valence-electron chi connectivity index (χ4n) is 3.39. The van der Waals surface area contributed by atoms with E-state index < -0.39 is 11.9 Å². The Balaban J connectivity index is 1.63. The minimum atomic E-state index is -0.868. The summed E-state index contributed by atoms with van der Waals surface area (Å²) in [6.07, 6.45) is 6.76. The SMILES string of the molecule is CN(CC(=O)N1C[C@@H](C(=O)O)[C@H](c2ccncc2)C1)Cc1ccncc1. The standard InChI is InChI=1S/C19H22N4O3/c1-22(10-14-2-6-20-7-3-14)13-18(24)23-11-16(17(12-23)19(25)26)15-4-8-21-9-5-15/h2-9,16-17H,10-13H2,1H3,(H,25,26)/t16-,17+/m0/s1. The maximum absolute atomic E-state index is 12.7. The monoisotopic (exact) mass is 354 g/mol. The largest absolute Gasteiger partial charge is 0.481 e. The van der Waals surface area contributed by atoms with Gasteiger partial charge in [0.2, 0.25) is 5.91 Å². The lowest BCUT2D eigenvalue weighted by Gasteiger charge is -2.21. The number of hydrogen-bond donors (Lipinski definition) is 1. The lowest BCUT2D eigenvalue weighted by molar-refractivity contribution is -0.141. The molecule has 0 aromatic carbocycles. The smallest absolute Gasteiger partial charge is 0.308 e. The van der Waals surface area contributed by atoms with E-state index in [0.29, 0.717) is 13.1 Å². The van der Waals surface area contributed by atoms with Gasteiger partial charge in [0.1, 0.15) is 0 Å². The first kappa shape index (κ1) is 18.0. The van der Waals surface area contributed by atoms with E-state index in [2.05, 4.69) is 9.97 Å². The highest BCUT2D eigenvalue weighted by Gasteiger charge is 2.40. The van der Waals surface area contributed by atoms with Crippen molar-refractivity contribution in [1.82, 2.24) is 19.8 Å². The zero-order chi connectivity index (χ0) is 18.5. The van der Waals surface area contributed by atoms with Crippen molar-refractivity contribution >= 4 is 11.9 Å². The number of carboxylic acids is 1. The second kappa shape index (κ2) is 8.05. The van der Waals surface area contributed by atoms with Crippen LogP contribution in [0.25, 0.3) is 0 Å². The highest BCUT2D eigenvalue weighted by molar-refractivity contribution is 5.81. The number of aromatic nitrogens is 2. The molecule has 1 saturated heterocycles. The average Bonchev–Trinajstić information content (AvgIpc) is 3.09. The third kappa shape index (κ3) is 4.23. The molecule has 2 aromatic heterocycles. The molecule has 3 heterocycles. The topological polar surface area (TPSA) is 86.6 Å². The van der Waals surface area contributed by atoms with Crippen molar-refractivity contribution in [3.63, 3.8) is 0 Å². The Kier molecular flexibility index (Phi) is 5.58. The van der Waals surface area contributed by atoms with E-state index in [1.165, 1.54) is 0 Å². The fourth-order valence-corrected chi connectivity index (χ4v) is 3.39. The van der Waals surface area contributed by atoms with Gasteiger partial charge >= 0.3 is 5.97 Å². The van der Waals surface area contributed by atoms with Gasteiger partial charge in [-0.1, -0.05) is 0 Å². The molecule has 1 N–H and O–H groups in total. The second-order valence-electron chi connectivity index (χ2n) is 6.66. The molecule has 0 bridgehead atoms. The van der Waals surface area contributed by atoms with Gasteiger partial charge in [-0.25, -0.2) is 0 Å². The molecule has 1 aliphatic rings. The van der Waals surface area contributed by atoms with Gasteiger partial charge in [0.15, 0.2) is 0 Å². The van der Waals surface area contributed by atoms with Gasteiger partial charge in [-0.3, -0.25) is 24.5 Å². The van der Waals surface area contributed by atoms with Crippen LogP contribution >= 0.6 is 0 Å². The molecule has 0 aliphatic carbocycles. The number of carbonyl (C=O) groups is 2. The van der Waals surface area contributed by atoms with Crippen LogP contribution in [-0.2, 0) is 16.1 Å². The van der Waals surface area contributed by atoms with Crippen molar-refractivity contribution in [1.29, 1.82) is 0 Å². The minimum absolute atomic E-state index is 0.0515. The van der Waals surface area contributed by atoms with Crippen molar-refractivity contribution in [2.75, 3.05) is 26.7 Å². The summed E-state index contributed by atoms with van der Waals surface area (Å²) in [7, 11) is 1.88. The van der Waals surface area contributed by atoms with E-state index in [1.807, 2.05) is 36.2 Å². The molecule has 0 unspecified atom stereocenters. The Bertz CT molecular complexity index is 754. The third-order valence-corrected chi connectivity index (χ3v) is 4.73. The van der Waals surface area contributed by atoms with Crippen LogP contribution in [0.15, 0.2) is 49.1 Å².